The highest BCUT2D eigenvalue weighted by Crippen LogP contribution is 2.46. The third-order valence-corrected chi connectivity index (χ3v) is 7.39. The molecule has 0 radical (unpaired) electrons. The molecule has 3 aromatic rings. The Kier molecular flexibility index (Phi) is 6.62. The highest BCUT2D eigenvalue weighted by molar-refractivity contribution is 5.91. The smallest absolute Gasteiger partial charge is 0.287 e. The van der Waals surface area contributed by atoms with Crippen molar-refractivity contribution in [2.75, 3.05) is 13.7 Å². The summed E-state index contributed by atoms with van der Waals surface area (Å²) in [5.74, 6) is 1.81. The van der Waals surface area contributed by atoms with Crippen molar-refractivity contribution >= 4 is 5.91 Å². The molecule has 0 fully saturated rings. The second-order valence-electron chi connectivity index (χ2n) is 10.9. The minimum absolute atomic E-state index is 0.171. The number of benzene rings is 2. The Balaban J connectivity index is 1.43. The first-order valence-electron chi connectivity index (χ1n) is 12.2. The van der Waals surface area contributed by atoms with E-state index in [-0.39, 0.29) is 16.7 Å². The average Bonchev–Trinajstić information content (AvgIpc) is 3.27. The van der Waals surface area contributed by atoms with Gasteiger partial charge in [0, 0.05) is 13.0 Å². The van der Waals surface area contributed by atoms with E-state index in [1.807, 2.05) is 30.3 Å². The first kappa shape index (κ1) is 24.1. The fourth-order valence-electron chi connectivity index (χ4n) is 4.98. The molecule has 1 aliphatic rings. The fraction of sp³-hybridized carbons (Fsp3) is 0.433. The fourth-order valence-corrected chi connectivity index (χ4v) is 4.98. The molecule has 1 amide bonds. The summed E-state index contributed by atoms with van der Waals surface area (Å²) in [6.45, 7) is 12.1. The molecule has 0 atom stereocenters. The van der Waals surface area contributed by atoms with Crippen molar-refractivity contribution in [3.05, 3.63) is 87.9 Å². The molecule has 4 heteroatoms. The number of furan rings is 1. The van der Waals surface area contributed by atoms with Gasteiger partial charge in [0.2, 0.25) is 0 Å². The molecule has 0 unspecified atom stereocenters. The van der Waals surface area contributed by atoms with Gasteiger partial charge < -0.3 is 14.5 Å². The van der Waals surface area contributed by atoms with Crippen molar-refractivity contribution in [2.24, 2.45) is 0 Å². The average molecular weight is 460 g/mol. The van der Waals surface area contributed by atoms with Gasteiger partial charge in [0.1, 0.15) is 11.5 Å². The van der Waals surface area contributed by atoms with E-state index in [2.05, 4.69) is 52.1 Å². The molecule has 1 heterocycles. The number of amides is 1. The van der Waals surface area contributed by atoms with E-state index in [9.17, 15) is 4.79 Å². The van der Waals surface area contributed by atoms with Gasteiger partial charge in [-0.3, -0.25) is 4.79 Å². The number of carbonyl (C=O) groups is 1. The molecule has 0 aliphatic heterocycles. The van der Waals surface area contributed by atoms with Crippen molar-refractivity contribution in [3.63, 3.8) is 0 Å². The van der Waals surface area contributed by atoms with Crippen molar-refractivity contribution in [2.45, 2.75) is 71.1 Å². The zero-order valence-electron chi connectivity index (χ0n) is 21.4. The molecule has 4 rings (SSSR count). The lowest BCUT2D eigenvalue weighted by atomic mass is 9.62. The summed E-state index contributed by atoms with van der Waals surface area (Å²) in [5, 5.41) is 2.96. The second kappa shape index (κ2) is 9.32. The Hall–Kier alpha value is -3.01. The molecule has 0 saturated heterocycles. The number of fused-ring (bicyclic) bond motifs is 1. The molecule has 34 heavy (non-hydrogen) atoms. The molecule has 1 aromatic heterocycles. The van der Waals surface area contributed by atoms with Crippen molar-refractivity contribution in [3.8, 4) is 5.75 Å². The van der Waals surface area contributed by atoms with Crippen LogP contribution in [0.1, 0.15) is 84.7 Å². The number of methoxy groups -OCH3 is 1. The molecular formula is C30H37NO3. The van der Waals surface area contributed by atoms with Gasteiger partial charge in [0.25, 0.3) is 5.91 Å². The van der Waals surface area contributed by atoms with Gasteiger partial charge in [-0.2, -0.15) is 0 Å². The summed E-state index contributed by atoms with van der Waals surface area (Å²) in [7, 11) is 1.66. The summed E-state index contributed by atoms with van der Waals surface area (Å²) in [4.78, 5) is 12.6. The zero-order chi connectivity index (χ0) is 24.5. The van der Waals surface area contributed by atoms with Crippen LogP contribution < -0.4 is 10.1 Å². The Morgan fingerprint density at radius 1 is 1.00 bits per heavy atom. The first-order chi connectivity index (χ1) is 16.1. The Bertz CT molecular complexity index is 1190. The lowest BCUT2D eigenvalue weighted by Gasteiger charge is -2.42. The molecular weight excluding hydrogens is 422 g/mol. The highest BCUT2D eigenvalue weighted by Gasteiger charge is 2.37. The van der Waals surface area contributed by atoms with Crippen LogP contribution in [0.2, 0.25) is 0 Å². The van der Waals surface area contributed by atoms with Gasteiger partial charge in [0.05, 0.1) is 7.11 Å². The van der Waals surface area contributed by atoms with E-state index in [4.69, 9.17) is 9.15 Å². The first-order valence-corrected chi connectivity index (χ1v) is 12.2. The van der Waals surface area contributed by atoms with Gasteiger partial charge in [-0.05, 0) is 89.1 Å². The largest absolute Gasteiger partial charge is 0.497 e. The van der Waals surface area contributed by atoms with E-state index < -0.39 is 0 Å². The van der Waals surface area contributed by atoms with E-state index >= 15 is 0 Å². The summed E-state index contributed by atoms with van der Waals surface area (Å²) >= 11 is 0. The summed E-state index contributed by atoms with van der Waals surface area (Å²) in [6.07, 6.45) is 3.82. The Labute approximate surface area is 203 Å². The lowest BCUT2D eigenvalue weighted by molar-refractivity contribution is 0.0925. The third kappa shape index (κ3) is 5.06. The van der Waals surface area contributed by atoms with E-state index in [0.29, 0.717) is 18.7 Å². The molecule has 0 bridgehead atoms. The number of hydrogen-bond acceptors (Lipinski definition) is 3. The maximum Gasteiger partial charge on any atom is 0.287 e. The number of aryl methyl sites for hydroxylation is 1. The molecule has 0 spiro atoms. The summed E-state index contributed by atoms with van der Waals surface area (Å²) in [6, 6.07) is 16.3. The maximum atomic E-state index is 12.6. The van der Waals surface area contributed by atoms with Crippen LogP contribution in [0.5, 0.6) is 5.75 Å². The molecule has 4 nitrogen and oxygen atoms in total. The van der Waals surface area contributed by atoms with Crippen LogP contribution in [-0.4, -0.2) is 19.6 Å². The van der Waals surface area contributed by atoms with Crippen molar-refractivity contribution in [1.29, 1.82) is 0 Å². The topological polar surface area (TPSA) is 51.5 Å². The SMILES string of the molecule is COc1cccc(CCNC(=O)c2ccc(Cc3cc4c(cc3C)C(C)(C)CCC4(C)C)o2)c1. The van der Waals surface area contributed by atoms with E-state index in [1.165, 1.54) is 35.1 Å². The second-order valence-corrected chi connectivity index (χ2v) is 10.9. The highest BCUT2D eigenvalue weighted by atomic mass is 16.5. The standard InChI is InChI=1S/C30H37NO3/c1-20-16-25-26(30(4,5)14-13-29(25,2)3)19-22(20)18-24-10-11-27(34-24)28(32)31-15-12-21-8-7-9-23(17-21)33-6/h7-11,16-17,19H,12-15,18H2,1-6H3,(H,31,32). The quantitative estimate of drug-likeness (QED) is 0.438. The zero-order valence-corrected chi connectivity index (χ0v) is 21.4. The van der Waals surface area contributed by atoms with Gasteiger partial charge in [-0.1, -0.05) is 52.0 Å². The van der Waals surface area contributed by atoms with Crippen molar-refractivity contribution < 1.29 is 13.9 Å². The van der Waals surface area contributed by atoms with Crippen molar-refractivity contribution in [1.82, 2.24) is 5.32 Å². The van der Waals surface area contributed by atoms with Crippen LogP contribution in [0.3, 0.4) is 0 Å². The maximum absolute atomic E-state index is 12.6. The van der Waals surface area contributed by atoms with Gasteiger partial charge in [0.15, 0.2) is 5.76 Å². The predicted octanol–water partition coefficient (Wildman–Crippen LogP) is 6.51. The minimum Gasteiger partial charge on any atom is -0.497 e. The van der Waals surface area contributed by atoms with Crippen LogP contribution in [0.15, 0.2) is 52.9 Å². The Morgan fingerprint density at radius 3 is 2.41 bits per heavy atom. The molecule has 1 aliphatic carbocycles. The summed E-state index contributed by atoms with van der Waals surface area (Å²) in [5.41, 5.74) is 6.97. The normalized spacial score (nSPS) is 16.1. The Morgan fingerprint density at radius 2 is 1.71 bits per heavy atom. The van der Waals surface area contributed by atoms with Crippen LogP contribution in [0.25, 0.3) is 0 Å². The number of nitrogens with one attached hydrogen (secondary N) is 1. The molecule has 180 valence electrons. The molecule has 1 N–H and O–H groups in total. The third-order valence-electron chi connectivity index (χ3n) is 7.39. The number of ether oxygens (including phenoxy) is 1. The number of rotatable bonds is 7. The van der Waals surface area contributed by atoms with Gasteiger partial charge >= 0.3 is 0 Å². The number of carbonyl (C=O) groups excluding carboxylic acids is 1. The predicted molar refractivity (Wildman–Crippen MR) is 137 cm³/mol. The van der Waals surface area contributed by atoms with Crippen LogP contribution in [0.4, 0.5) is 0 Å². The van der Waals surface area contributed by atoms with Gasteiger partial charge in [-0.25, -0.2) is 0 Å². The lowest BCUT2D eigenvalue weighted by Crippen LogP contribution is -2.34. The summed E-state index contributed by atoms with van der Waals surface area (Å²) < 4.78 is 11.2. The minimum atomic E-state index is -0.181. The van der Waals surface area contributed by atoms with Gasteiger partial charge in [-0.15, -0.1) is 0 Å². The van der Waals surface area contributed by atoms with E-state index in [0.717, 1.165) is 23.5 Å². The van der Waals surface area contributed by atoms with E-state index in [1.54, 1.807) is 13.2 Å². The molecule has 2 aromatic carbocycles. The van der Waals surface area contributed by atoms with Crippen LogP contribution >= 0.6 is 0 Å². The number of hydrogen-bond donors (Lipinski definition) is 1. The molecule has 0 saturated carbocycles. The van der Waals surface area contributed by atoms with Crippen LogP contribution in [0, 0.1) is 6.92 Å². The van der Waals surface area contributed by atoms with Crippen LogP contribution in [-0.2, 0) is 23.7 Å². The monoisotopic (exact) mass is 459 g/mol.